The minimum absolute atomic E-state index is 0.0203. The molecule has 0 fully saturated rings. The van der Waals surface area contributed by atoms with Crippen LogP contribution in [0.3, 0.4) is 0 Å². The second-order valence-corrected chi connectivity index (χ2v) is 5.67. The van der Waals surface area contributed by atoms with Gasteiger partial charge in [-0.2, -0.15) is 8.42 Å². The van der Waals surface area contributed by atoms with Crippen LogP contribution in [0, 0.1) is 0 Å². The Morgan fingerprint density at radius 2 is 2.17 bits per heavy atom. The fourth-order valence-electron chi connectivity index (χ4n) is 1.59. The van der Waals surface area contributed by atoms with E-state index in [-0.39, 0.29) is 5.03 Å². The van der Waals surface area contributed by atoms with E-state index in [1.165, 1.54) is 12.5 Å². The first-order chi connectivity index (χ1) is 8.51. The summed E-state index contributed by atoms with van der Waals surface area (Å²) in [6, 6.07) is 7.33. The molecule has 2 aromatic rings. The van der Waals surface area contributed by atoms with Crippen molar-refractivity contribution in [2.75, 3.05) is 4.72 Å². The van der Waals surface area contributed by atoms with E-state index >= 15 is 0 Å². The Morgan fingerprint density at radius 1 is 1.39 bits per heavy atom. The van der Waals surface area contributed by atoms with E-state index in [0.717, 1.165) is 12.0 Å². The number of anilines is 1. The monoisotopic (exact) mass is 265 g/mol. The average Bonchev–Trinajstić information content (AvgIpc) is 2.76. The number of imidazole rings is 1. The lowest BCUT2D eigenvalue weighted by Gasteiger charge is -2.06. The molecule has 1 aromatic carbocycles. The Bertz CT molecular complexity index is 647. The largest absolute Gasteiger partial charge is 0.339 e. The molecule has 0 spiro atoms. The predicted octanol–water partition coefficient (Wildman–Crippen LogP) is 1.78. The summed E-state index contributed by atoms with van der Waals surface area (Å²) in [5, 5.41) is 0.0203. The van der Waals surface area contributed by atoms with Crippen molar-refractivity contribution in [3.05, 3.63) is 42.4 Å². The smallest absolute Gasteiger partial charge is 0.280 e. The number of benzene rings is 1. The Balaban J connectivity index is 2.27. The number of nitrogens with zero attached hydrogens (tertiary/aromatic N) is 2. The molecular formula is C12H15N3O2S. The molecule has 0 amide bonds. The molecule has 6 heteroatoms. The van der Waals surface area contributed by atoms with Crippen molar-refractivity contribution in [2.45, 2.75) is 18.4 Å². The molecule has 0 aliphatic rings. The Hall–Kier alpha value is -1.82. The van der Waals surface area contributed by atoms with Crippen molar-refractivity contribution >= 4 is 15.7 Å². The van der Waals surface area contributed by atoms with Crippen LogP contribution in [0.2, 0.25) is 0 Å². The molecule has 18 heavy (non-hydrogen) atoms. The topological polar surface area (TPSA) is 64.0 Å². The molecule has 0 bridgehead atoms. The van der Waals surface area contributed by atoms with Crippen LogP contribution in [0.25, 0.3) is 0 Å². The zero-order valence-corrected chi connectivity index (χ0v) is 11.1. The first-order valence-electron chi connectivity index (χ1n) is 5.61. The lowest BCUT2D eigenvalue weighted by atomic mass is 10.1. The predicted molar refractivity (Wildman–Crippen MR) is 69.8 cm³/mol. The van der Waals surface area contributed by atoms with Crippen molar-refractivity contribution in [2.24, 2.45) is 7.05 Å². The van der Waals surface area contributed by atoms with Crippen molar-refractivity contribution < 1.29 is 8.42 Å². The van der Waals surface area contributed by atoms with E-state index in [0.29, 0.717) is 5.69 Å². The molecule has 0 saturated carbocycles. The van der Waals surface area contributed by atoms with Crippen molar-refractivity contribution in [1.82, 2.24) is 9.55 Å². The van der Waals surface area contributed by atoms with Crippen LogP contribution in [0.15, 0.2) is 41.8 Å². The summed E-state index contributed by atoms with van der Waals surface area (Å²) < 4.78 is 28.2. The van der Waals surface area contributed by atoms with Gasteiger partial charge in [0.15, 0.2) is 5.03 Å². The highest BCUT2D eigenvalue weighted by molar-refractivity contribution is 7.92. The summed E-state index contributed by atoms with van der Waals surface area (Å²) in [6.07, 6.45) is 3.78. The number of hydrogen-bond donors (Lipinski definition) is 1. The quantitative estimate of drug-likeness (QED) is 0.916. The van der Waals surface area contributed by atoms with E-state index in [1.54, 1.807) is 17.7 Å². The highest BCUT2D eigenvalue weighted by Crippen LogP contribution is 2.16. The van der Waals surface area contributed by atoms with Crippen molar-refractivity contribution in [1.29, 1.82) is 0 Å². The summed E-state index contributed by atoms with van der Waals surface area (Å²) >= 11 is 0. The van der Waals surface area contributed by atoms with Crippen molar-refractivity contribution in [3.8, 4) is 0 Å². The van der Waals surface area contributed by atoms with Crippen LogP contribution in [0.5, 0.6) is 0 Å². The Morgan fingerprint density at radius 3 is 2.78 bits per heavy atom. The van der Waals surface area contributed by atoms with Gasteiger partial charge in [-0.1, -0.05) is 19.1 Å². The lowest BCUT2D eigenvalue weighted by Crippen LogP contribution is -2.13. The van der Waals surface area contributed by atoms with Crippen LogP contribution < -0.4 is 4.72 Å². The van der Waals surface area contributed by atoms with Gasteiger partial charge >= 0.3 is 0 Å². The van der Waals surface area contributed by atoms with Crippen LogP contribution in [0.1, 0.15) is 12.5 Å². The molecular weight excluding hydrogens is 250 g/mol. The molecule has 1 N–H and O–H groups in total. The van der Waals surface area contributed by atoms with Crippen molar-refractivity contribution in [3.63, 3.8) is 0 Å². The van der Waals surface area contributed by atoms with Crippen LogP contribution in [-0.4, -0.2) is 18.0 Å². The maximum Gasteiger partial charge on any atom is 0.280 e. The molecule has 5 nitrogen and oxygen atoms in total. The van der Waals surface area contributed by atoms with Gasteiger partial charge in [0.2, 0.25) is 0 Å². The Labute approximate surface area is 107 Å². The zero-order chi connectivity index (χ0) is 13.2. The van der Waals surface area contributed by atoms with Gasteiger partial charge in [0.05, 0.1) is 6.33 Å². The van der Waals surface area contributed by atoms with Crippen LogP contribution >= 0.6 is 0 Å². The molecule has 0 atom stereocenters. The van der Waals surface area contributed by atoms with Gasteiger partial charge in [0, 0.05) is 18.9 Å². The second-order valence-electron chi connectivity index (χ2n) is 4.04. The molecule has 1 heterocycles. The minimum Gasteiger partial charge on any atom is -0.339 e. The van der Waals surface area contributed by atoms with Gasteiger partial charge in [-0.25, -0.2) is 4.98 Å². The first kappa shape index (κ1) is 12.6. The fourth-order valence-corrected chi connectivity index (χ4v) is 2.62. The number of hydrogen-bond acceptors (Lipinski definition) is 3. The molecule has 0 aliphatic heterocycles. The summed E-state index contributed by atoms with van der Waals surface area (Å²) in [5.74, 6) is 0. The van der Waals surface area contributed by atoms with Crippen LogP contribution in [0.4, 0.5) is 5.69 Å². The number of rotatable bonds is 4. The molecule has 0 unspecified atom stereocenters. The molecule has 0 aliphatic carbocycles. The number of aromatic nitrogens is 2. The summed E-state index contributed by atoms with van der Waals surface area (Å²) in [5.41, 5.74) is 1.64. The maximum absolute atomic E-state index is 12.0. The van der Waals surface area contributed by atoms with Gasteiger partial charge in [0.1, 0.15) is 0 Å². The molecule has 0 radical (unpaired) electrons. The van der Waals surface area contributed by atoms with E-state index in [9.17, 15) is 8.42 Å². The van der Waals surface area contributed by atoms with E-state index < -0.39 is 10.0 Å². The third-order valence-corrected chi connectivity index (χ3v) is 3.81. The lowest BCUT2D eigenvalue weighted by molar-refractivity contribution is 0.598. The third kappa shape index (κ3) is 2.70. The maximum atomic E-state index is 12.0. The number of aryl methyl sites for hydroxylation is 2. The van der Waals surface area contributed by atoms with Gasteiger partial charge in [-0.15, -0.1) is 0 Å². The van der Waals surface area contributed by atoms with Crippen LogP contribution in [-0.2, 0) is 23.5 Å². The summed E-state index contributed by atoms with van der Waals surface area (Å²) in [6.45, 7) is 2.02. The standard InChI is InChI=1S/C12H15N3O2S/c1-3-10-5-4-6-11(7-10)14-18(16,17)12-8-15(2)9-13-12/h4-9,14H,3H2,1-2H3. The molecule has 0 saturated heterocycles. The first-order valence-corrected chi connectivity index (χ1v) is 7.09. The minimum atomic E-state index is -3.60. The van der Waals surface area contributed by atoms with Gasteiger partial charge in [-0.05, 0) is 24.1 Å². The van der Waals surface area contributed by atoms with Gasteiger partial charge in [0.25, 0.3) is 10.0 Å². The van der Waals surface area contributed by atoms with E-state index in [1.807, 2.05) is 25.1 Å². The van der Waals surface area contributed by atoms with E-state index in [2.05, 4.69) is 9.71 Å². The third-order valence-electron chi connectivity index (χ3n) is 2.54. The van der Waals surface area contributed by atoms with E-state index in [4.69, 9.17) is 0 Å². The second kappa shape index (κ2) is 4.81. The van der Waals surface area contributed by atoms with Gasteiger partial charge < -0.3 is 4.57 Å². The Kier molecular flexibility index (Phi) is 3.38. The normalized spacial score (nSPS) is 11.4. The average molecular weight is 265 g/mol. The summed E-state index contributed by atoms with van der Waals surface area (Å²) in [4.78, 5) is 3.84. The number of nitrogens with one attached hydrogen (secondary N) is 1. The number of sulfonamides is 1. The SMILES string of the molecule is CCc1cccc(NS(=O)(=O)c2cn(C)cn2)c1. The zero-order valence-electron chi connectivity index (χ0n) is 10.3. The molecule has 1 aromatic heterocycles. The molecule has 96 valence electrons. The highest BCUT2D eigenvalue weighted by atomic mass is 32.2. The summed E-state index contributed by atoms with van der Waals surface area (Å²) in [7, 11) is -1.87. The highest BCUT2D eigenvalue weighted by Gasteiger charge is 2.16. The van der Waals surface area contributed by atoms with Gasteiger partial charge in [-0.3, -0.25) is 4.72 Å². The fraction of sp³-hybridized carbons (Fsp3) is 0.250. The molecule has 2 rings (SSSR count).